The fourth-order valence-electron chi connectivity index (χ4n) is 5.79. The Bertz CT molecular complexity index is 1750. The predicted molar refractivity (Wildman–Crippen MR) is 160 cm³/mol. The summed E-state index contributed by atoms with van der Waals surface area (Å²) in [6.45, 7) is 1.62. The molecule has 6 rings (SSSR count). The van der Waals surface area contributed by atoms with Crippen LogP contribution in [0.2, 0.25) is 0 Å². The number of hydrogen-bond acceptors (Lipinski definition) is 7. The monoisotopic (exact) mass is 561 g/mol. The Morgan fingerprint density at radius 3 is 2.26 bits per heavy atom. The van der Waals surface area contributed by atoms with Gasteiger partial charge in [-0.25, -0.2) is 4.98 Å². The van der Waals surface area contributed by atoms with E-state index in [-0.39, 0.29) is 24.0 Å². The van der Waals surface area contributed by atoms with E-state index in [4.69, 9.17) is 20.9 Å². The van der Waals surface area contributed by atoms with E-state index < -0.39 is 22.9 Å². The summed E-state index contributed by atoms with van der Waals surface area (Å²) >= 11 is 0. The number of aliphatic hydroxyl groups excluding tert-OH is 1. The highest BCUT2D eigenvalue weighted by atomic mass is 16.5. The lowest BCUT2D eigenvalue weighted by Crippen LogP contribution is -2.39. The topological polar surface area (TPSA) is 114 Å². The van der Waals surface area contributed by atoms with E-state index in [9.17, 15) is 9.90 Å². The fourth-order valence-corrected chi connectivity index (χ4v) is 5.79. The Labute approximate surface area is 243 Å². The van der Waals surface area contributed by atoms with Crippen molar-refractivity contribution in [1.29, 1.82) is 0 Å². The lowest BCUT2D eigenvalue weighted by Gasteiger charge is -2.37. The third-order valence-corrected chi connectivity index (χ3v) is 8.16. The maximum absolute atomic E-state index is 13.4. The highest BCUT2D eigenvalue weighted by molar-refractivity contribution is 5.71. The van der Waals surface area contributed by atoms with E-state index in [0.29, 0.717) is 12.1 Å². The van der Waals surface area contributed by atoms with Crippen molar-refractivity contribution in [3.8, 4) is 18.1 Å². The molecule has 1 saturated heterocycles. The molecule has 0 aliphatic carbocycles. The molecule has 3 atom stereocenters. The first-order valence-electron chi connectivity index (χ1n) is 13.7. The normalized spacial score (nSPS) is 20.3. The lowest BCUT2D eigenvalue weighted by molar-refractivity contribution is -0.0716. The van der Waals surface area contributed by atoms with Gasteiger partial charge in [0.1, 0.15) is 17.5 Å². The van der Waals surface area contributed by atoms with Crippen molar-refractivity contribution >= 4 is 17.1 Å². The molecule has 2 aromatic heterocycles. The number of fused-ring (bicyclic) bond motifs is 1. The molecule has 1 fully saturated rings. The molecule has 0 spiro atoms. The molecule has 1 aliphatic heterocycles. The number of aromatic amines is 1. The van der Waals surface area contributed by atoms with Crippen LogP contribution >= 0.6 is 0 Å². The fraction of sp³-hybridized carbons (Fsp3) is 0.242. The van der Waals surface area contributed by atoms with Crippen molar-refractivity contribution in [3.05, 3.63) is 118 Å². The summed E-state index contributed by atoms with van der Waals surface area (Å²) in [6, 6.07) is 27.8. The lowest BCUT2D eigenvalue weighted by atomic mass is 9.77. The number of nitrogens with zero attached hydrogens (tertiary/aromatic N) is 3. The number of anilines is 1. The summed E-state index contributed by atoms with van der Waals surface area (Å²) in [5.41, 5.74) is 0.835. The third-order valence-electron chi connectivity index (χ3n) is 8.16. The molecule has 0 saturated carbocycles. The molecule has 9 heteroatoms. The van der Waals surface area contributed by atoms with Gasteiger partial charge in [0, 0.05) is 5.92 Å². The first-order chi connectivity index (χ1) is 20.4. The zero-order valence-corrected chi connectivity index (χ0v) is 23.3. The van der Waals surface area contributed by atoms with E-state index in [1.54, 1.807) is 11.7 Å². The van der Waals surface area contributed by atoms with Crippen LogP contribution in [0, 0.1) is 18.3 Å². The van der Waals surface area contributed by atoms with Crippen LogP contribution < -0.4 is 15.6 Å². The number of imidazole rings is 1. The Kier molecular flexibility index (Phi) is 7.02. The van der Waals surface area contributed by atoms with Crippen molar-refractivity contribution < 1.29 is 14.6 Å². The van der Waals surface area contributed by atoms with Gasteiger partial charge in [-0.3, -0.25) is 14.3 Å². The summed E-state index contributed by atoms with van der Waals surface area (Å²) in [7, 11) is 1.63. The number of ether oxygens (including phenoxy) is 2. The molecule has 0 bridgehead atoms. The Hall–Kier alpha value is -4.91. The van der Waals surface area contributed by atoms with E-state index in [2.05, 4.69) is 21.2 Å². The van der Waals surface area contributed by atoms with Gasteiger partial charge in [-0.15, -0.1) is 6.42 Å². The van der Waals surface area contributed by atoms with Crippen molar-refractivity contribution in [3.63, 3.8) is 0 Å². The van der Waals surface area contributed by atoms with Gasteiger partial charge < -0.3 is 19.9 Å². The molecule has 212 valence electrons. The zero-order chi connectivity index (χ0) is 29.3. The van der Waals surface area contributed by atoms with Crippen molar-refractivity contribution in [2.75, 3.05) is 19.0 Å². The van der Waals surface area contributed by atoms with Gasteiger partial charge >= 0.3 is 0 Å². The molecule has 42 heavy (non-hydrogen) atoms. The smallest absolute Gasteiger partial charge is 0.280 e. The van der Waals surface area contributed by atoms with E-state index in [1.807, 2.05) is 91.9 Å². The first kappa shape index (κ1) is 27.3. The molecule has 1 aliphatic rings. The van der Waals surface area contributed by atoms with Crippen LogP contribution in [0.4, 0.5) is 5.95 Å². The second kappa shape index (κ2) is 10.8. The highest BCUT2D eigenvalue weighted by Crippen LogP contribution is 2.42. The summed E-state index contributed by atoms with van der Waals surface area (Å²) in [5, 5.41) is 13.6. The van der Waals surface area contributed by atoms with Gasteiger partial charge in [-0.2, -0.15) is 4.98 Å². The third kappa shape index (κ3) is 4.42. The van der Waals surface area contributed by atoms with Crippen molar-refractivity contribution in [2.24, 2.45) is 5.92 Å². The number of aromatic nitrogens is 4. The first-order valence-corrected chi connectivity index (χ1v) is 13.7. The minimum Gasteiger partial charge on any atom is -0.497 e. The second-order valence-electron chi connectivity index (χ2n) is 10.5. The molecular weight excluding hydrogens is 530 g/mol. The molecule has 3 aromatic carbocycles. The minimum atomic E-state index is -1.12. The molecule has 3 N–H and O–H groups in total. The van der Waals surface area contributed by atoms with Gasteiger partial charge in [0.05, 0.1) is 20.0 Å². The van der Waals surface area contributed by atoms with Gasteiger partial charge in [-0.1, -0.05) is 85.6 Å². The van der Waals surface area contributed by atoms with Crippen LogP contribution in [0.5, 0.6) is 5.75 Å². The number of methoxy groups -OCH3 is 1. The molecular formula is C33H31N5O4. The highest BCUT2D eigenvalue weighted by Gasteiger charge is 2.46. The number of terminal acetylenes is 1. The average Bonchev–Trinajstić information content (AvgIpc) is 3.62. The van der Waals surface area contributed by atoms with Crippen LogP contribution in [0.15, 0.2) is 96.1 Å². The molecule has 0 radical (unpaired) electrons. The van der Waals surface area contributed by atoms with Crippen LogP contribution in [0.1, 0.15) is 36.3 Å². The summed E-state index contributed by atoms with van der Waals surface area (Å²) in [6.07, 6.45) is 7.26. The van der Waals surface area contributed by atoms with Gasteiger partial charge in [-0.05, 0) is 35.2 Å². The number of benzene rings is 3. The summed E-state index contributed by atoms with van der Waals surface area (Å²) in [5.74, 6) is 3.47. The van der Waals surface area contributed by atoms with Crippen LogP contribution in [0.3, 0.4) is 0 Å². The second-order valence-corrected chi connectivity index (χ2v) is 10.5. The van der Waals surface area contributed by atoms with Gasteiger partial charge in [0.15, 0.2) is 16.8 Å². The van der Waals surface area contributed by atoms with E-state index in [0.717, 1.165) is 22.4 Å². The standard InChI is InChI=1S/C33H31N5O4/c1-4-32(20-39)22(2)19-27(42-32)38-21-34-28-29(38)35-31(36-30(28)40)37-33(23-11-7-5-8-12-23,24-13-9-6-10-14-24)25-15-17-26(41-3)18-16-25/h1,5-18,21-22,27,39H,19-20H2,2-3H3,(H2,35,36,37,40)/t22-,27+,32+/m0/s1. The Morgan fingerprint density at radius 1 is 1.10 bits per heavy atom. The number of hydrogen-bond donors (Lipinski definition) is 3. The maximum Gasteiger partial charge on any atom is 0.280 e. The number of rotatable bonds is 8. The molecule has 0 amide bonds. The number of aliphatic hydroxyl groups is 1. The largest absolute Gasteiger partial charge is 0.497 e. The van der Waals surface area contributed by atoms with Crippen molar-refractivity contribution in [1.82, 2.24) is 19.5 Å². The zero-order valence-electron chi connectivity index (χ0n) is 23.3. The average molecular weight is 562 g/mol. The van der Waals surface area contributed by atoms with E-state index >= 15 is 0 Å². The maximum atomic E-state index is 13.4. The number of nitrogens with one attached hydrogen (secondary N) is 2. The van der Waals surface area contributed by atoms with Crippen LogP contribution in [-0.4, -0.2) is 43.9 Å². The Morgan fingerprint density at radius 2 is 1.71 bits per heavy atom. The molecule has 5 aromatic rings. The van der Waals surface area contributed by atoms with E-state index in [1.165, 1.54) is 6.33 Å². The van der Waals surface area contributed by atoms with Gasteiger partial charge in [0.25, 0.3) is 5.56 Å². The van der Waals surface area contributed by atoms with Crippen molar-refractivity contribution in [2.45, 2.75) is 30.7 Å². The minimum absolute atomic E-state index is 0.117. The summed E-state index contributed by atoms with van der Waals surface area (Å²) in [4.78, 5) is 25.5. The molecule has 0 unspecified atom stereocenters. The predicted octanol–water partition coefficient (Wildman–Crippen LogP) is 4.45. The SMILES string of the molecule is C#C[C@]1(CO)O[C@@H](n2cnc3c(=O)[nH]c(NC(c4ccccc4)(c4ccccc4)c4ccc(OC)cc4)nc32)C[C@@H]1C. The van der Waals surface area contributed by atoms with Crippen LogP contribution in [0.25, 0.3) is 11.2 Å². The number of H-pyrrole nitrogens is 1. The van der Waals surface area contributed by atoms with Crippen LogP contribution in [-0.2, 0) is 10.3 Å². The molecule has 9 nitrogen and oxygen atoms in total. The molecule has 3 heterocycles. The summed E-state index contributed by atoms with van der Waals surface area (Å²) < 4.78 is 13.3. The Balaban J connectivity index is 1.53. The van der Waals surface area contributed by atoms with Gasteiger partial charge in [0.2, 0.25) is 5.95 Å². The quantitative estimate of drug-likeness (QED) is 0.189.